The molecular formula is C19H22N2O3S. The Kier molecular flexibility index (Phi) is 4.81. The number of anilines is 1. The SMILES string of the molecule is CN(c1ccccc1C(=O)N[C@@H]1CCCc2ccccc21)S(C)(=O)=O. The monoisotopic (exact) mass is 358 g/mol. The zero-order chi connectivity index (χ0) is 18.0. The zero-order valence-electron chi connectivity index (χ0n) is 14.4. The molecule has 2 aromatic carbocycles. The first-order valence-electron chi connectivity index (χ1n) is 8.29. The summed E-state index contributed by atoms with van der Waals surface area (Å²) in [6, 6.07) is 14.9. The average Bonchev–Trinajstić information content (AvgIpc) is 2.60. The van der Waals surface area contributed by atoms with Crippen LogP contribution in [0.25, 0.3) is 0 Å². The Balaban J connectivity index is 1.89. The number of nitrogens with zero attached hydrogens (tertiary/aromatic N) is 1. The van der Waals surface area contributed by atoms with E-state index in [4.69, 9.17) is 0 Å². The van der Waals surface area contributed by atoms with Gasteiger partial charge in [-0.3, -0.25) is 9.10 Å². The van der Waals surface area contributed by atoms with E-state index in [0.717, 1.165) is 35.4 Å². The van der Waals surface area contributed by atoms with E-state index in [0.29, 0.717) is 11.3 Å². The fourth-order valence-electron chi connectivity index (χ4n) is 3.26. The van der Waals surface area contributed by atoms with E-state index in [9.17, 15) is 13.2 Å². The molecule has 2 aromatic rings. The molecule has 1 atom stereocenters. The molecule has 0 unspecified atom stereocenters. The summed E-state index contributed by atoms with van der Waals surface area (Å²) in [6.07, 6.45) is 4.05. The number of hydrogen-bond donors (Lipinski definition) is 1. The number of rotatable bonds is 4. The van der Waals surface area contributed by atoms with Gasteiger partial charge in [0.1, 0.15) is 0 Å². The van der Waals surface area contributed by atoms with E-state index in [1.54, 1.807) is 24.3 Å². The van der Waals surface area contributed by atoms with E-state index in [2.05, 4.69) is 11.4 Å². The van der Waals surface area contributed by atoms with Crippen LogP contribution in [0.4, 0.5) is 5.69 Å². The van der Waals surface area contributed by atoms with Crippen LogP contribution in [0, 0.1) is 0 Å². The number of fused-ring (bicyclic) bond motifs is 1. The minimum absolute atomic E-state index is 0.0472. The first-order chi connectivity index (χ1) is 11.9. The Morgan fingerprint density at radius 2 is 1.80 bits per heavy atom. The molecule has 0 saturated heterocycles. The summed E-state index contributed by atoms with van der Waals surface area (Å²) in [4.78, 5) is 12.8. The van der Waals surface area contributed by atoms with E-state index in [1.807, 2.05) is 18.2 Å². The average molecular weight is 358 g/mol. The lowest BCUT2D eigenvalue weighted by Crippen LogP contribution is -2.33. The summed E-state index contributed by atoms with van der Waals surface area (Å²) in [5, 5.41) is 3.08. The van der Waals surface area contributed by atoms with Gasteiger partial charge in [-0.15, -0.1) is 0 Å². The van der Waals surface area contributed by atoms with Gasteiger partial charge in [0, 0.05) is 7.05 Å². The highest BCUT2D eigenvalue weighted by atomic mass is 32.2. The second-order valence-corrected chi connectivity index (χ2v) is 8.38. The van der Waals surface area contributed by atoms with Gasteiger partial charge in [0.15, 0.2) is 0 Å². The van der Waals surface area contributed by atoms with Gasteiger partial charge in [0.2, 0.25) is 10.0 Å². The third kappa shape index (κ3) is 3.69. The third-order valence-electron chi connectivity index (χ3n) is 4.66. The second-order valence-electron chi connectivity index (χ2n) is 6.36. The summed E-state index contributed by atoms with van der Waals surface area (Å²) < 4.78 is 24.8. The second kappa shape index (κ2) is 6.88. The normalized spacial score (nSPS) is 16.8. The molecule has 1 amide bonds. The molecule has 1 N–H and O–H groups in total. The van der Waals surface area contributed by atoms with Gasteiger partial charge in [0.05, 0.1) is 23.5 Å². The van der Waals surface area contributed by atoms with Crippen molar-refractivity contribution in [1.82, 2.24) is 5.32 Å². The maximum Gasteiger partial charge on any atom is 0.253 e. The van der Waals surface area contributed by atoms with Crippen LogP contribution in [0.3, 0.4) is 0 Å². The van der Waals surface area contributed by atoms with Crippen LogP contribution in [0.5, 0.6) is 0 Å². The van der Waals surface area contributed by atoms with Crippen LogP contribution in [-0.2, 0) is 16.4 Å². The largest absolute Gasteiger partial charge is 0.345 e. The lowest BCUT2D eigenvalue weighted by molar-refractivity contribution is 0.0933. The van der Waals surface area contributed by atoms with Crippen molar-refractivity contribution < 1.29 is 13.2 Å². The van der Waals surface area contributed by atoms with Gasteiger partial charge < -0.3 is 5.32 Å². The molecule has 0 aromatic heterocycles. The molecule has 0 saturated carbocycles. The highest BCUT2D eigenvalue weighted by Crippen LogP contribution is 2.30. The van der Waals surface area contributed by atoms with Gasteiger partial charge in [-0.25, -0.2) is 8.42 Å². The fourth-order valence-corrected chi connectivity index (χ4v) is 3.78. The highest BCUT2D eigenvalue weighted by molar-refractivity contribution is 7.92. The molecule has 0 heterocycles. The molecule has 5 nitrogen and oxygen atoms in total. The lowest BCUT2D eigenvalue weighted by Gasteiger charge is -2.27. The lowest BCUT2D eigenvalue weighted by atomic mass is 9.87. The first kappa shape index (κ1) is 17.5. The molecule has 0 bridgehead atoms. The van der Waals surface area contributed by atoms with Crippen LogP contribution in [0.15, 0.2) is 48.5 Å². The molecule has 0 radical (unpaired) electrons. The Morgan fingerprint density at radius 3 is 2.56 bits per heavy atom. The number of para-hydroxylation sites is 1. The fraction of sp³-hybridized carbons (Fsp3) is 0.316. The summed E-state index contributed by atoms with van der Waals surface area (Å²) in [6.45, 7) is 0. The number of amides is 1. The Hall–Kier alpha value is -2.34. The van der Waals surface area contributed by atoms with Gasteiger partial charge in [-0.05, 0) is 42.5 Å². The Labute approximate surface area is 148 Å². The van der Waals surface area contributed by atoms with E-state index < -0.39 is 10.0 Å². The van der Waals surface area contributed by atoms with Crippen LogP contribution >= 0.6 is 0 Å². The minimum Gasteiger partial charge on any atom is -0.345 e. The number of carbonyl (C=O) groups is 1. The number of sulfonamides is 1. The minimum atomic E-state index is -3.44. The predicted molar refractivity (Wildman–Crippen MR) is 99.3 cm³/mol. The predicted octanol–water partition coefficient (Wildman–Crippen LogP) is 2.89. The van der Waals surface area contributed by atoms with Crippen LogP contribution < -0.4 is 9.62 Å². The molecule has 3 rings (SSSR count). The maximum absolute atomic E-state index is 12.8. The molecule has 1 aliphatic rings. The number of aryl methyl sites for hydroxylation is 1. The smallest absolute Gasteiger partial charge is 0.253 e. The molecule has 132 valence electrons. The van der Waals surface area contributed by atoms with Crippen LogP contribution in [0.2, 0.25) is 0 Å². The van der Waals surface area contributed by atoms with Crippen molar-refractivity contribution in [3.63, 3.8) is 0 Å². The zero-order valence-corrected chi connectivity index (χ0v) is 15.2. The van der Waals surface area contributed by atoms with Crippen molar-refractivity contribution in [2.45, 2.75) is 25.3 Å². The van der Waals surface area contributed by atoms with Crippen molar-refractivity contribution in [2.75, 3.05) is 17.6 Å². The van der Waals surface area contributed by atoms with E-state index in [1.165, 1.54) is 12.6 Å². The maximum atomic E-state index is 12.8. The van der Waals surface area contributed by atoms with Gasteiger partial charge in [0.25, 0.3) is 5.91 Å². The number of hydrogen-bond acceptors (Lipinski definition) is 3. The summed E-state index contributed by atoms with van der Waals surface area (Å²) in [7, 11) is -1.98. The standard InChI is InChI=1S/C19H22N2O3S/c1-21(25(2,23)24)18-13-6-5-11-16(18)19(22)20-17-12-7-9-14-8-3-4-10-15(14)17/h3-6,8,10-11,13,17H,7,9,12H2,1-2H3,(H,20,22)/t17-/m1/s1. The quantitative estimate of drug-likeness (QED) is 0.914. The molecule has 0 fully saturated rings. The molecular weight excluding hydrogens is 336 g/mol. The molecule has 0 aliphatic heterocycles. The van der Waals surface area contributed by atoms with Crippen molar-refractivity contribution in [2.24, 2.45) is 0 Å². The van der Waals surface area contributed by atoms with Gasteiger partial charge in [-0.2, -0.15) is 0 Å². The Morgan fingerprint density at radius 1 is 1.12 bits per heavy atom. The van der Waals surface area contributed by atoms with E-state index in [-0.39, 0.29) is 11.9 Å². The van der Waals surface area contributed by atoms with Crippen molar-refractivity contribution in [1.29, 1.82) is 0 Å². The van der Waals surface area contributed by atoms with Gasteiger partial charge in [-0.1, -0.05) is 36.4 Å². The molecule has 1 aliphatic carbocycles. The number of carbonyl (C=O) groups excluding carboxylic acids is 1. The molecule has 25 heavy (non-hydrogen) atoms. The molecule has 0 spiro atoms. The number of nitrogens with one attached hydrogen (secondary N) is 1. The first-order valence-corrected chi connectivity index (χ1v) is 10.1. The van der Waals surface area contributed by atoms with Crippen LogP contribution in [0.1, 0.15) is 40.4 Å². The third-order valence-corrected chi connectivity index (χ3v) is 5.85. The molecule has 6 heteroatoms. The van der Waals surface area contributed by atoms with Crippen molar-refractivity contribution >= 4 is 21.6 Å². The van der Waals surface area contributed by atoms with Crippen LogP contribution in [-0.4, -0.2) is 27.6 Å². The van der Waals surface area contributed by atoms with Crippen molar-refractivity contribution in [3.05, 3.63) is 65.2 Å². The summed E-state index contributed by atoms with van der Waals surface area (Å²) in [5.41, 5.74) is 3.15. The topological polar surface area (TPSA) is 66.5 Å². The van der Waals surface area contributed by atoms with E-state index >= 15 is 0 Å². The summed E-state index contributed by atoms with van der Waals surface area (Å²) >= 11 is 0. The number of benzene rings is 2. The van der Waals surface area contributed by atoms with Crippen molar-refractivity contribution in [3.8, 4) is 0 Å². The van der Waals surface area contributed by atoms with Gasteiger partial charge >= 0.3 is 0 Å². The summed E-state index contributed by atoms with van der Waals surface area (Å²) in [5.74, 6) is -0.257. The highest BCUT2D eigenvalue weighted by Gasteiger charge is 2.24. The Bertz CT molecular complexity index is 893.